The molecule has 2 fully saturated rings. The molecule has 3 aromatic rings. The Bertz CT molecular complexity index is 1320. The first-order valence-electron chi connectivity index (χ1n) is 14.8. The van der Waals surface area contributed by atoms with Crippen molar-refractivity contribution in [2.24, 2.45) is 0 Å². The van der Waals surface area contributed by atoms with Crippen LogP contribution in [-0.2, 0) is 24.3 Å². The van der Waals surface area contributed by atoms with E-state index in [0.29, 0.717) is 24.8 Å². The van der Waals surface area contributed by atoms with Gasteiger partial charge in [-0.15, -0.1) is 5.10 Å². The van der Waals surface area contributed by atoms with Gasteiger partial charge in [-0.3, -0.25) is 9.69 Å². The minimum absolute atomic E-state index is 0.0278. The highest BCUT2D eigenvalue weighted by Gasteiger charge is 2.21. The van der Waals surface area contributed by atoms with Gasteiger partial charge in [0.25, 0.3) is 5.91 Å². The third-order valence-electron chi connectivity index (χ3n) is 8.11. The monoisotopic (exact) mass is 561 g/mol. The number of aliphatic hydroxyl groups excluding tert-OH is 1. The summed E-state index contributed by atoms with van der Waals surface area (Å²) < 4.78 is 13.6. The minimum atomic E-state index is -0.662. The molecule has 0 bridgehead atoms. The van der Waals surface area contributed by atoms with Gasteiger partial charge in [0.15, 0.2) is 6.23 Å². The molecule has 11 nitrogen and oxygen atoms in total. The first-order valence-corrected chi connectivity index (χ1v) is 14.8. The zero-order valence-electron chi connectivity index (χ0n) is 23.4. The number of amides is 1. The lowest BCUT2D eigenvalue weighted by molar-refractivity contribution is -0.0405. The van der Waals surface area contributed by atoms with E-state index in [1.807, 2.05) is 12.3 Å². The summed E-state index contributed by atoms with van der Waals surface area (Å²) >= 11 is 0. The Morgan fingerprint density at radius 1 is 1.15 bits per heavy atom. The summed E-state index contributed by atoms with van der Waals surface area (Å²) in [4.78, 5) is 19.2. The number of hydrogen-bond donors (Lipinski definition) is 3. The van der Waals surface area contributed by atoms with Crippen molar-refractivity contribution in [2.75, 3.05) is 31.6 Å². The molecule has 218 valence electrons. The van der Waals surface area contributed by atoms with Crippen LogP contribution < -0.4 is 15.4 Å². The first kappa shape index (κ1) is 27.6. The van der Waals surface area contributed by atoms with Crippen LogP contribution in [0.3, 0.4) is 0 Å². The second-order valence-electron chi connectivity index (χ2n) is 11.3. The van der Waals surface area contributed by atoms with Crippen molar-refractivity contribution in [2.45, 2.75) is 76.5 Å². The van der Waals surface area contributed by atoms with E-state index in [-0.39, 0.29) is 18.7 Å². The summed E-state index contributed by atoms with van der Waals surface area (Å²) in [5.74, 6) is 1.33. The smallest absolute Gasteiger partial charge is 0.251 e. The Labute approximate surface area is 240 Å². The number of fused-ring (bicyclic) bond motifs is 1. The molecule has 2 atom stereocenters. The Morgan fingerprint density at radius 3 is 2.90 bits per heavy atom. The van der Waals surface area contributed by atoms with Crippen LogP contribution in [0.5, 0.6) is 5.75 Å². The molecule has 2 unspecified atom stereocenters. The number of anilines is 1. The second kappa shape index (κ2) is 13.0. The van der Waals surface area contributed by atoms with Gasteiger partial charge >= 0.3 is 0 Å². The fraction of sp³-hybridized carbons (Fsp3) is 0.533. The highest BCUT2D eigenvalue weighted by atomic mass is 16.5. The molecule has 1 saturated carbocycles. The number of nitrogens with one attached hydrogen (secondary N) is 2. The average Bonchev–Trinajstić information content (AvgIpc) is 3.46. The SMILES string of the molecule is O=C(NCC(O)CN1CCc2cc(OCc3cn(C4CCCCO4)nn3)ccc2C1)c1ccnc(NC2CCC2)c1. The summed E-state index contributed by atoms with van der Waals surface area (Å²) in [7, 11) is 0. The number of carbonyl (C=O) groups excluding carboxylic acids is 1. The fourth-order valence-electron chi connectivity index (χ4n) is 5.53. The van der Waals surface area contributed by atoms with Crippen LogP contribution in [0.1, 0.15) is 71.9 Å². The van der Waals surface area contributed by atoms with E-state index >= 15 is 0 Å². The van der Waals surface area contributed by atoms with E-state index in [0.717, 1.165) is 75.5 Å². The Hall–Kier alpha value is -3.54. The van der Waals surface area contributed by atoms with Crippen molar-refractivity contribution in [3.63, 3.8) is 0 Å². The largest absolute Gasteiger partial charge is 0.487 e. The molecule has 2 aromatic heterocycles. The maximum Gasteiger partial charge on any atom is 0.251 e. The highest BCUT2D eigenvalue weighted by Crippen LogP contribution is 2.26. The molecule has 0 radical (unpaired) electrons. The first-order chi connectivity index (χ1) is 20.1. The average molecular weight is 562 g/mol. The number of aliphatic hydroxyl groups is 1. The van der Waals surface area contributed by atoms with Gasteiger partial charge in [-0.1, -0.05) is 11.3 Å². The van der Waals surface area contributed by atoms with E-state index < -0.39 is 6.10 Å². The van der Waals surface area contributed by atoms with Crippen molar-refractivity contribution >= 4 is 11.7 Å². The number of hydrogen-bond acceptors (Lipinski definition) is 9. The maximum atomic E-state index is 12.7. The van der Waals surface area contributed by atoms with Gasteiger partial charge in [0.1, 0.15) is 23.9 Å². The Kier molecular flexibility index (Phi) is 8.74. The number of benzene rings is 1. The number of rotatable bonds is 11. The predicted octanol–water partition coefficient (Wildman–Crippen LogP) is 3.06. The Balaban J connectivity index is 0.943. The summed E-state index contributed by atoms with van der Waals surface area (Å²) in [5.41, 5.74) is 3.80. The third-order valence-corrected chi connectivity index (χ3v) is 8.11. The number of pyridine rings is 1. The number of nitrogens with zero attached hydrogens (tertiary/aromatic N) is 5. The van der Waals surface area contributed by atoms with Crippen molar-refractivity contribution in [1.29, 1.82) is 0 Å². The van der Waals surface area contributed by atoms with Crippen LogP contribution in [-0.4, -0.2) is 74.3 Å². The normalized spacial score (nSPS) is 20.1. The molecule has 3 aliphatic rings. The number of carbonyl (C=O) groups is 1. The maximum absolute atomic E-state index is 12.7. The van der Waals surface area contributed by atoms with E-state index in [4.69, 9.17) is 9.47 Å². The molecular formula is C30H39N7O4. The van der Waals surface area contributed by atoms with Gasteiger partial charge in [0, 0.05) is 50.6 Å². The van der Waals surface area contributed by atoms with Gasteiger partial charge in [-0.2, -0.15) is 0 Å². The third kappa shape index (κ3) is 7.22. The zero-order valence-corrected chi connectivity index (χ0v) is 23.4. The molecule has 4 heterocycles. The van der Waals surface area contributed by atoms with Crippen LogP contribution >= 0.6 is 0 Å². The molecule has 1 aliphatic carbocycles. The highest BCUT2D eigenvalue weighted by molar-refractivity contribution is 5.94. The molecular weight excluding hydrogens is 522 g/mol. The summed E-state index contributed by atoms with van der Waals surface area (Å²) in [5, 5.41) is 25.3. The van der Waals surface area contributed by atoms with Gasteiger partial charge in [0.2, 0.25) is 0 Å². The lowest BCUT2D eigenvalue weighted by atomic mass is 9.93. The molecule has 0 spiro atoms. The van der Waals surface area contributed by atoms with Crippen molar-refractivity contribution in [3.8, 4) is 5.75 Å². The van der Waals surface area contributed by atoms with Gasteiger partial charge in [-0.05, 0) is 80.3 Å². The molecule has 3 N–H and O–H groups in total. The minimum Gasteiger partial charge on any atom is -0.487 e. The lowest BCUT2D eigenvalue weighted by Gasteiger charge is -2.30. The summed E-state index contributed by atoms with van der Waals surface area (Å²) in [6.07, 6.45) is 10.4. The van der Waals surface area contributed by atoms with Crippen LogP contribution in [0.2, 0.25) is 0 Å². The summed E-state index contributed by atoms with van der Waals surface area (Å²) in [6.45, 7) is 3.38. The summed E-state index contributed by atoms with van der Waals surface area (Å²) in [6, 6.07) is 10.1. The molecule has 11 heteroatoms. The van der Waals surface area contributed by atoms with E-state index in [2.05, 4.69) is 43.0 Å². The van der Waals surface area contributed by atoms with Crippen molar-refractivity contribution in [3.05, 3.63) is 65.1 Å². The second-order valence-corrected chi connectivity index (χ2v) is 11.3. The topological polar surface area (TPSA) is 127 Å². The van der Waals surface area contributed by atoms with Gasteiger partial charge in [-0.25, -0.2) is 9.67 Å². The van der Waals surface area contributed by atoms with E-state index in [9.17, 15) is 9.90 Å². The number of aromatic nitrogens is 4. The van der Waals surface area contributed by atoms with Crippen molar-refractivity contribution < 1.29 is 19.4 Å². The molecule has 2 aliphatic heterocycles. The number of ether oxygens (including phenoxy) is 2. The van der Waals surface area contributed by atoms with Crippen molar-refractivity contribution in [1.82, 2.24) is 30.2 Å². The Morgan fingerprint density at radius 2 is 2.07 bits per heavy atom. The number of β-amino-alcohol motifs (C(OH)–C–C–N with tert-alkyl or cyclic N) is 1. The molecule has 1 amide bonds. The molecule has 41 heavy (non-hydrogen) atoms. The van der Waals surface area contributed by atoms with Crippen LogP contribution in [0, 0.1) is 0 Å². The molecule has 1 saturated heterocycles. The fourth-order valence-corrected chi connectivity index (χ4v) is 5.53. The molecule has 6 rings (SSSR count). The van der Waals surface area contributed by atoms with Crippen LogP contribution in [0.25, 0.3) is 0 Å². The lowest BCUT2D eigenvalue weighted by Crippen LogP contribution is -2.42. The van der Waals surface area contributed by atoms with E-state index in [1.165, 1.54) is 17.5 Å². The van der Waals surface area contributed by atoms with E-state index in [1.54, 1.807) is 23.0 Å². The molecule has 1 aromatic carbocycles. The predicted molar refractivity (Wildman–Crippen MR) is 152 cm³/mol. The standard InChI is InChI=1S/C30H39N7O4/c38-26(16-32-30(39)22-9-11-31-28(15-22)33-24-4-3-5-24)19-36-12-10-21-14-27(8-7-23(21)17-36)41-20-25-18-37(35-34-25)29-6-1-2-13-40-29/h7-9,11,14-15,18,24,26,29,38H,1-6,10,12-13,16-17,19-20H2,(H,31,33)(H,32,39). The zero-order chi connectivity index (χ0) is 28.0. The van der Waals surface area contributed by atoms with Crippen LogP contribution in [0.4, 0.5) is 5.82 Å². The quantitative estimate of drug-likeness (QED) is 0.324. The van der Waals surface area contributed by atoms with Crippen LogP contribution in [0.15, 0.2) is 42.7 Å². The van der Waals surface area contributed by atoms with Gasteiger partial charge in [0.05, 0.1) is 12.3 Å². The van der Waals surface area contributed by atoms with Gasteiger partial charge < -0.3 is 25.2 Å².